The van der Waals surface area contributed by atoms with E-state index in [1.807, 2.05) is 12.1 Å². The van der Waals surface area contributed by atoms with Crippen molar-refractivity contribution in [3.05, 3.63) is 36.0 Å². The van der Waals surface area contributed by atoms with Crippen molar-refractivity contribution in [1.29, 1.82) is 0 Å². The summed E-state index contributed by atoms with van der Waals surface area (Å²) in [7, 11) is 0. The smallest absolute Gasteiger partial charge is 0.335 e. The molecule has 0 bridgehead atoms. The molecule has 0 aliphatic rings. The van der Waals surface area contributed by atoms with E-state index in [-0.39, 0.29) is 0 Å². The van der Waals surface area contributed by atoms with Gasteiger partial charge in [-0.1, -0.05) is 26.7 Å². The normalized spacial score (nSPS) is 11.3. The van der Waals surface area contributed by atoms with E-state index in [1.165, 1.54) is 0 Å². The van der Waals surface area contributed by atoms with Gasteiger partial charge in [-0.05, 0) is 37.1 Å². The number of carboxylic acid groups (broad SMARTS) is 1. The second kappa shape index (κ2) is 5.91. The fourth-order valence-electron chi connectivity index (χ4n) is 2.70. The number of aromatic carboxylic acids is 1. The van der Waals surface area contributed by atoms with E-state index in [0.29, 0.717) is 11.6 Å². The molecular formula is C16H21NO2. The van der Waals surface area contributed by atoms with Gasteiger partial charge in [0.25, 0.3) is 0 Å². The Morgan fingerprint density at radius 1 is 1.21 bits per heavy atom. The molecule has 3 nitrogen and oxygen atoms in total. The van der Waals surface area contributed by atoms with Crippen LogP contribution in [0.25, 0.3) is 10.9 Å². The summed E-state index contributed by atoms with van der Waals surface area (Å²) in [4.78, 5) is 11.0. The molecule has 2 aromatic rings. The molecule has 2 rings (SSSR count). The topological polar surface area (TPSA) is 42.2 Å². The molecule has 3 heteroatoms. The Labute approximate surface area is 113 Å². The van der Waals surface area contributed by atoms with E-state index in [9.17, 15) is 4.79 Å². The fourth-order valence-corrected chi connectivity index (χ4v) is 2.70. The summed E-state index contributed by atoms with van der Waals surface area (Å²) in [6, 6.07) is 7.90. The Morgan fingerprint density at radius 3 is 2.47 bits per heavy atom. The fraction of sp³-hybridized carbons (Fsp3) is 0.438. The van der Waals surface area contributed by atoms with E-state index in [2.05, 4.69) is 24.6 Å². The van der Waals surface area contributed by atoms with Crippen molar-refractivity contribution in [2.45, 2.75) is 45.6 Å². The number of rotatable bonds is 6. The summed E-state index contributed by atoms with van der Waals surface area (Å²) in [5, 5.41) is 10.0. The Balaban J connectivity index is 2.41. The first-order valence-electron chi connectivity index (χ1n) is 7.01. The zero-order chi connectivity index (χ0) is 13.8. The molecule has 1 N–H and O–H groups in total. The molecule has 1 aromatic carbocycles. The number of fused-ring (bicyclic) bond motifs is 1. The van der Waals surface area contributed by atoms with Crippen molar-refractivity contribution in [3.8, 4) is 0 Å². The maximum Gasteiger partial charge on any atom is 0.335 e. The second-order valence-corrected chi connectivity index (χ2v) is 5.03. The molecular weight excluding hydrogens is 238 g/mol. The highest BCUT2D eigenvalue weighted by molar-refractivity contribution is 5.93. The monoisotopic (exact) mass is 259 g/mol. The van der Waals surface area contributed by atoms with E-state index in [0.717, 1.165) is 36.6 Å². The third-order valence-electron chi connectivity index (χ3n) is 3.60. The summed E-state index contributed by atoms with van der Waals surface area (Å²) in [5.74, 6) is -0.867. The number of carbonyl (C=O) groups is 1. The van der Waals surface area contributed by atoms with Crippen molar-refractivity contribution in [2.24, 2.45) is 0 Å². The van der Waals surface area contributed by atoms with E-state index in [1.54, 1.807) is 12.1 Å². The molecule has 1 aromatic heterocycles. The van der Waals surface area contributed by atoms with Crippen LogP contribution < -0.4 is 0 Å². The van der Waals surface area contributed by atoms with Crippen molar-refractivity contribution in [2.75, 3.05) is 0 Å². The second-order valence-electron chi connectivity index (χ2n) is 5.03. The molecule has 0 radical (unpaired) electrons. The van der Waals surface area contributed by atoms with Gasteiger partial charge in [0.2, 0.25) is 0 Å². The van der Waals surface area contributed by atoms with Crippen molar-refractivity contribution in [3.63, 3.8) is 0 Å². The minimum Gasteiger partial charge on any atom is -0.478 e. The van der Waals surface area contributed by atoms with Gasteiger partial charge in [-0.15, -0.1) is 0 Å². The van der Waals surface area contributed by atoms with Crippen LogP contribution in [0, 0.1) is 0 Å². The molecule has 0 aliphatic heterocycles. The molecule has 1 heterocycles. The lowest BCUT2D eigenvalue weighted by molar-refractivity contribution is 0.0697. The molecule has 19 heavy (non-hydrogen) atoms. The minimum absolute atomic E-state index is 0.354. The van der Waals surface area contributed by atoms with Gasteiger partial charge in [0.1, 0.15) is 0 Å². The summed E-state index contributed by atoms with van der Waals surface area (Å²) in [6.45, 7) is 4.41. The van der Waals surface area contributed by atoms with Crippen LogP contribution in [-0.2, 0) is 0 Å². The lowest BCUT2D eigenvalue weighted by Crippen LogP contribution is -2.07. The third kappa shape index (κ3) is 2.80. The average Bonchev–Trinajstić information content (AvgIpc) is 2.81. The van der Waals surface area contributed by atoms with Crippen LogP contribution in [0.2, 0.25) is 0 Å². The van der Waals surface area contributed by atoms with Crippen molar-refractivity contribution >= 4 is 16.9 Å². The van der Waals surface area contributed by atoms with Gasteiger partial charge in [0.15, 0.2) is 0 Å². The van der Waals surface area contributed by atoms with Crippen molar-refractivity contribution < 1.29 is 9.90 Å². The molecule has 0 atom stereocenters. The Bertz CT molecular complexity index is 565. The predicted molar refractivity (Wildman–Crippen MR) is 77.8 cm³/mol. The van der Waals surface area contributed by atoms with Crippen LogP contribution in [0.3, 0.4) is 0 Å². The Hall–Kier alpha value is -1.77. The first-order chi connectivity index (χ1) is 9.17. The van der Waals surface area contributed by atoms with Gasteiger partial charge in [0, 0.05) is 23.1 Å². The van der Waals surface area contributed by atoms with Gasteiger partial charge < -0.3 is 9.67 Å². The zero-order valence-electron chi connectivity index (χ0n) is 11.6. The van der Waals surface area contributed by atoms with Crippen LogP contribution >= 0.6 is 0 Å². The van der Waals surface area contributed by atoms with Crippen LogP contribution in [0.15, 0.2) is 30.5 Å². The standard InChI is InChI=1S/C16H21NO2/c1-3-5-14(6-4-2)17-10-9-12-11-13(16(18)19)7-8-15(12)17/h7-11,14H,3-6H2,1-2H3,(H,18,19). The van der Waals surface area contributed by atoms with Crippen LogP contribution in [0.4, 0.5) is 0 Å². The molecule has 0 fully saturated rings. The maximum atomic E-state index is 11.0. The van der Waals surface area contributed by atoms with Crippen LogP contribution in [-0.4, -0.2) is 15.6 Å². The SMILES string of the molecule is CCCC(CCC)n1ccc2cc(C(=O)O)ccc21. The average molecular weight is 259 g/mol. The number of nitrogens with zero attached hydrogens (tertiary/aromatic N) is 1. The summed E-state index contributed by atoms with van der Waals surface area (Å²) in [5.41, 5.74) is 1.49. The lowest BCUT2D eigenvalue weighted by atomic mass is 10.1. The van der Waals surface area contributed by atoms with Crippen LogP contribution in [0.5, 0.6) is 0 Å². The highest BCUT2D eigenvalue weighted by Crippen LogP contribution is 2.27. The minimum atomic E-state index is -0.867. The summed E-state index contributed by atoms with van der Waals surface area (Å²) in [6.07, 6.45) is 6.75. The quantitative estimate of drug-likeness (QED) is 0.831. The summed E-state index contributed by atoms with van der Waals surface area (Å²) < 4.78 is 2.30. The first-order valence-corrected chi connectivity index (χ1v) is 7.01. The molecule has 0 saturated heterocycles. The molecule has 0 saturated carbocycles. The molecule has 102 valence electrons. The van der Waals surface area contributed by atoms with Gasteiger partial charge in [0.05, 0.1) is 5.56 Å². The Morgan fingerprint density at radius 2 is 1.89 bits per heavy atom. The lowest BCUT2D eigenvalue weighted by Gasteiger charge is -2.19. The van der Waals surface area contributed by atoms with Gasteiger partial charge in [-0.3, -0.25) is 0 Å². The predicted octanol–water partition coefficient (Wildman–Crippen LogP) is 4.48. The molecule has 0 aliphatic carbocycles. The molecule has 0 spiro atoms. The van der Waals surface area contributed by atoms with E-state index < -0.39 is 5.97 Å². The van der Waals surface area contributed by atoms with Gasteiger partial charge in [-0.25, -0.2) is 4.79 Å². The van der Waals surface area contributed by atoms with Gasteiger partial charge >= 0.3 is 5.97 Å². The number of benzene rings is 1. The Kier molecular flexibility index (Phi) is 4.25. The number of hydrogen-bond donors (Lipinski definition) is 1. The van der Waals surface area contributed by atoms with Gasteiger partial charge in [-0.2, -0.15) is 0 Å². The highest BCUT2D eigenvalue weighted by atomic mass is 16.4. The zero-order valence-corrected chi connectivity index (χ0v) is 11.6. The number of aromatic nitrogens is 1. The maximum absolute atomic E-state index is 11.0. The largest absolute Gasteiger partial charge is 0.478 e. The van der Waals surface area contributed by atoms with Crippen LogP contribution in [0.1, 0.15) is 55.9 Å². The van der Waals surface area contributed by atoms with Crippen molar-refractivity contribution in [1.82, 2.24) is 4.57 Å². The molecule has 0 amide bonds. The number of hydrogen-bond acceptors (Lipinski definition) is 1. The summed E-state index contributed by atoms with van der Waals surface area (Å²) >= 11 is 0. The molecule has 0 unspecified atom stereocenters. The highest BCUT2D eigenvalue weighted by Gasteiger charge is 2.12. The van der Waals surface area contributed by atoms with E-state index in [4.69, 9.17) is 5.11 Å². The third-order valence-corrected chi connectivity index (χ3v) is 3.60. The number of carboxylic acids is 1. The van der Waals surface area contributed by atoms with E-state index >= 15 is 0 Å². The first kappa shape index (κ1) is 13.7.